The van der Waals surface area contributed by atoms with Crippen LogP contribution in [-0.2, 0) is 14.3 Å². The first-order chi connectivity index (χ1) is 8.61. The molecule has 2 aliphatic rings. The van der Waals surface area contributed by atoms with Gasteiger partial charge in [-0.3, -0.25) is 9.59 Å². The van der Waals surface area contributed by atoms with Gasteiger partial charge < -0.3 is 14.7 Å². The molecule has 2 fully saturated rings. The van der Waals surface area contributed by atoms with Gasteiger partial charge in [0.25, 0.3) is 0 Å². The summed E-state index contributed by atoms with van der Waals surface area (Å²) in [6.45, 7) is 2.26. The highest BCUT2D eigenvalue weighted by atomic mass is 16.5. The molecule has 0 aromatic heterocycles. The van der Waals surface area contributed by atoms with Gasteiger partial charge in [-0.2, -0.15) is 0 Å². The number of carboxylic acid groups (broad SMARTS) is 1. The number of rotatable bonds is 4. The van der Waals surface area contributed by atoms with Gasteiger partial charge >= 0.3 is 5.97 Å². The summed E-state index contributed by atoms with van der Waals surface area (Å²) in [6.07, 6.45) is 2.87. The Morgan fingerprint density at radius 3 is 2.61 bits per heavy atom. The molecule has 1 saturated heterocycles. The van der Waals surface area contributed by atoms with Crippen LogP contribution in [0.25, 0.3) is 0 Å². The molecule has 1 aliphatic carbocycles. The van der Waals surface area contributed by atoms with Crippen molar-refractivity contribution in [3.8, 4) is 0 Å². The highest BCUT2D eigenvalue weighted by molar-refractivity contribution is 5.81. The van der Waals surface area contributed by atoms with E-state index in [1.54, 1.807) is 7.11 Å². The quantitative estimate of drug-likeness (QED) is 0.813. The summed E-state index contributed by atoms with van der Waals surface area (Å²) in [5, 5.41) is 8.95. The highest BCUT2D eigenvalue weighted by Crippen LogP contribution is 2.33. The topological polar surface area (TPSA) is 66.8 Å². The van der Waals surface area contributed by atoms with E-state index < -0.39 is 5.97 Å². The van der Waals surface area contributed by atoms with Crippen LogP contribution >= 0.6 is 0 Å². The van der Waals surface area contributed by atoms with Gasteiger partial charge in [-0.15, -0.1) is 0 Å². The normalized spacial score (nSPS) is 31.8. The average molecular weight is 255 g/mol. The number of likely N-dealkylation sites (tertiary alicyclic amines) is 1. The molecule has 2 rings (SSSR count). The van der Waals surface area contributed by atoms with Crippen molar-refractivity contribution in [2.45, 2.75) is 25.7 Å². The lowest BCUT2D eigenvalue weighted by Gasteiger charge is -2.20. The molecule has 0 radical (unpaired) electrons. The molecule has 102 valence electrons. The predicted octanol–water partition coefficient (Wildman–Crippen LogP) is 0.982. The number of amides is 1. The first kappa shape index (κ1) is 13.3. The van der Waals surface area contributed by atoms with Crippen LogP contribution in [0.4, 0.5) is 0 Å². The maximum absolute atomic E-state index is 12.3. The summed E-state index contributed by atoms with van der Waals surface area (Å²) in [5.41, 5.74) is 0. The molecule has 18 heavy (non-hydrogen) atoms. The van der Waals surface area contributed by atoms with Crippen LogP contribution in [0.1, 0.15) is 25.7 Å². The molecule has 3 unspecified atom stereocenters. The Labute approximate surface area is 107 Å². The number of carbonyl (C=O) groups is 2. The zero-order chi connectivity index (χ0) is 13.1. The molecule has 1 saturated carbocycles. The zero-order valence-corrected chi connectivity index (χ0v) is 10.8. The summed E-state index contributed by atoms with van der Waals surface area (Å²) >= 11 is 0. The largest absolute Gasteiger partial charge is 0.481 e. The minimum Gasteiger partial charge on any atom is -0.481 e. The van der Waals surface area contributed by atoms with Gasteiger partial charge in [-0.25, -0.2) is 0 Å². The molecule has 5 heteroatoms. The average Bonchev–Trinajstić information content (AvgIpc) is 2.97. The van der Waals surface area contributed by atoms with Crippen LogP contribution in [0.2, 0.25) is 0 Å². The number of carbonyl (C=O) groups excluding carboxylic acids is 1. The number of hydrogen-bond donors (Lipinski definition) is 1. The number of methoxy groups -OCH3 is 1. The fourth-order valence-corrected chi connectivity index (χ4v) is 3.09. The summed E-state index contributed by atoms with van der Waals surface area (Å²) in [5.74, 6) is -0.569. The van der Waals surface area contributed by atoms with Crippen molar-refractivity contribution in [2.75, 3.05) is 26.8 Å². The van der Waals surface area contributed by atoms with Crippen LogP contribution in [0.3, 0.4) is 0 Å². The Balaban J connectivity index is 1.84. The second-order valence-electron chi connectivity index (χ2n) is 5.44. The van der Waals surface area contributed by atoms with Crippen LogP contribution in [-0.4, -0.2) is 48.7 Å². The van der Waals surface area contributed by atoms with Crippen molar-refractivity contribution in [1.82, 2.24) is 4.90 Å². The molecule has 3 atom stereocenters. The molecule has 0 aromatic carbocycles. The summed E-state index contributed by atoms with van der Waals surface area (Å²) in [4.78, 5) is 25.0. The summed E-state index contributed by atoms with van der Waals surface area (Å²) < 4.78 is 5.11. The van der Waals surface area contributed by atoms with Gasteiger partial charge in [-0.1, -0.05) is 0 Å². The third-order valence-electron chi connectivity index (χ3n) is 4.13. The number of carboxylic acids is 1. The lowest BCUT2D eigenvalue weighted by atomic mass is 10.0. The van der Waals surface area contributed by atoms with Crippen molar-refractivity contribution < 1.29 is 19.4 Å². The van der Waals surface area contributed by atoms with Crippen LogP contribution in [0.15, 0.2) is 0 Å². The first-order valence-electron chi connectivity index (χ1n) is 6.62. The third kappa shape index (κ3) is 2.83. The third-order valence-corrected chi connectivity index (χ3v) is 4.13. The molecule has 0 aromatic rings. The van der Waals surface area contributed by atoms with Crippen LogP contribution in [0, 0.1) is 17.8 Å². The molecule has 1 N–H and O–H groups in total. The number of ether oxygens (including phenoxy) is 1. The maximum atomic E-state index is 12.3. The number of hydrogen-bond acceptors (Lipinski definition) is 3. The van der Waals surface area contributed by atoms with E-state index in [1.807, 2.05) is 4.90 Å². The van der Waals surface area contributed by atoms with Gasteiger partial charge in [0.15, 0.2) is 0 Å². The molecule has 5 nitrogen and oxygen atoms in total. The Kier molecular flexibility index (Phi) is 4.22. The fraction of sp³-hybridized carbons (Fsp3) is 0.846. The van der Waals surface area contributed by atoms with Crippen LogP contribution < -0.4 is 0 Å². The van der Waals surface area contributed by atoms with Gasteiger partial charge in [0.1, 0.15) is 0 Å². The van der Waals surface area contributed by atoms with E-state index in [-0.39, 0.29) is 17.7 Å². The summed E-state index contributed by atoms with van der Waals surface area (Å²) in [7, 11) is 1.68. The fourth-order valence-electron chi connectivity index (χ4n) is 3.09. The van der Waals surface area contributed by atoms with Crippen molar-refractivity contribution in [3.63, 3.8) is 0 Å². The predicted molar refractivity (Wildman–Crippen MR) is 65.0 cm³/mol. The van der Waals surface area contributed by atoms with Crippen molar-refractivity contribution in [2.24, 2.45) is 17.8 Å². The Morgan fingerprint density at radius 2 is 2.00 bits per heavy atom. The van der Waals surface area contributed by atoms with E-state index in [2.05, 4.69) is 0 Å². The lowest BCUT2D eigenvalue weighted by molar-refractivity contribution is -0.141. The van der Waals surface area contributed by atoms with Gasteiger partial charge in [0.05, 0.1) is 12.5 Å². The standard InChI is InChI=1S/C13H21NO4/c1-18-8-9-4-5-14(7-9)12(15)10-2-3-11(6-10)13(16)17/h9-11H,2-8H2,1H3,(H,16,17). The molecule has 1 heterocycles. The molecular weight excluding hydrogens is 234 g/mol. The van der Waals surface area contributed by atoms with E-state index >= 15 is 0 Å². The van der Waals surface area contributed by atoms with Crippen LogP contribution in [0.5, 0.6) is 0 Å². The molecular formula is C13H21NO4. The Morgan fingerprint density at radius 1 is 1.28 bits per heavy atom. The zero-order valence-electron chi connectivity index (χ0n) is 10.8. The van der Waals surface area contributed by atoms with Gasteiger partial charge in [0.2, 0.25) is 5.91 Å². The van der Waals surface area contributed by atoms with Crippen molar-refractivity contribution in [1.29, 1.82) is 0 Å². The molecule has 1 amide bonds. The monoisotopic (exact) mass is 255 g/mol. The van der Waals surface area contributed by atoms with E-state index in [9.17, 15) is 9.59 Å². The minimum atomic E-state index is -0.760. The highest BCUT2D eigenvalue weighted by Gasteiger charge is 2.37. The lowest BCUT2D eigenvalue weighted by Crippen LogP contribution is -2.34. The first-order valence-corrected chi connectivity index (χ1v) is 6.62. The van der Waals surface area contributed by atoms with Gasteiger partial charge in [0, 0.05) is 32.0 Å². The summed E-state index contributed by atoms with van der Waals surface area (Å²) in [6, 6.07) is 0. The van der Waals surface area contributed by atoms with E-state index in [1.165, 1.54) is 0 Å². The number of aliphatic carboxylic acids is 1. The van der Waals surface area contributed by atoms with E-state index in [4.69, 9.17) is 9.84 Å². The SMILES string of the molecule is COCC1CCN(C(=O)C2CCC(C(=O)O)C2)C1. The molecule has 0 bridgehead atoms. The maximum Gasteiger partial charge on any atom is 0.306 e. The smallest absolute Gasteiger partial charge is 0.306 e. The Bertz CT molecular complexity index is 331. The second kappa shape index (κ2) is 5.69. The van der Waals surface area contributed by atoms with Gasteiger partial charge in [-0.05, 0) is 25.7 Å². The number of nitrogens with zero attached hydrogens (tertiary/aromatic N) is 1. The molecule has 1 aliphatic heterocycles. The second-order valence-corrected chi connectivity index (χ2v) is 5.44. The van der Waals surface area contributed by atoms with Crippen molar-refractivity contribution >= 4 is 11.9 Å². The molecule has 0 spiro atoms. The van der Waals surface area contributed by atoms with Crippen molar-refractivity contribution in [3.05, 3.63) is 0 Å². The minimum absolute atomic E-state index is 0.0765. The van der Waals surface area contributed by atoms with E-state index in [0.717, 1.165) is 25.9 Å². The van der Waals surface area contributed by atoms with E-state index in [0.29, 0.717) is 25.4 Å². The Hall–Kier alpha value is -1.10.